The van der Waals surface area contributed by atoms with E-state index >= 15 is 0 Å². The van der Waals surface area contributed by atoms with E-state index in [1.54, 1.807) is 4.68 Å². The molecular formula is C14H17F3N6O2S. The van der Waals surface area contributed by atoms with E-state index in [0.717, 1.165) is 11.8 Å². The Hall–Kier alpha value is -1.92. The van der Waals surface area contributed by atoms with Gasteiger partial charge in [0.05, 0.1) is 31.8 Å². The molecule has 0 spiro atoms. The molecule has 0 saturated carbocycles. The number of rotatable bonds is 7. The predicted octanol–water partition coefficient (Wildman–Crippen LogP) is 1.73. The van der Waals surface area contributed by atoms with E-state index in [4.69, 9.17) is 15.6 Å². The van der Waals surface area contributed by atoms with E-state index in [1.807, 2.05) is 12.2 Å². The van der Waals surface area contributed by atoms with Crippen molar-refractivity contribution in [1.82, 2.24) is 25.0 Å². The van der Waals surface area contributed by atoms with Gasteiger partial charge < -0.3 is 15.6 Å². The minimum Gasteiger partial charge on any atom is -0.394 e. The first kappa shape index (κ1) is 18.9. The Kier molecular flexibility index (Phi) is 5.63. The molecule has 3 N–H and O–H groups in total. The average Bonchev–Trinajstić information content (AvgIpc) is 3.18. The number of aromatic nitrogens is 5. The molecule has 2 heterocycles. The van der Waals surface area contributed by atoms with Gasteiger partial charge >= 0.3 is 6.18 Å². The van der Waals surface area contributed by atoms with Crippen molar-refractivity contribution in [2.75, 3.05) is 24.7 Å². The highest BCUT2D eigenvalue weighted by molar-refractivity contribution is 7.99. The van der Waals surface area contributed by atoms with E-state index in [-0.39, 0.29) is 42.1 Å². The van der Waals surface area contributed by atoms with Crippen LogP contribution in [0.1, 0.15) is 18.9 Å². The van der Waals surface area contributed by atoms with Crippen LogP contribution < -0.4 is 5.73 Å². The highest BCUT2D eigenvalue weighted by atomic mass is 32.2. The molecule has 26 heavy (non-hydrogen) atoms. The van der Waals surface area contributed by atoms with Gasteiger partial charge in [0.25, 0.3) is 0 Å². The van der Waals surface area contributed by atoms with Gasteiger partial charge in [-0.25, -0.2) is 14.6 Å². The molecule has 12 heteroatoms. The molecule has 0 fully saturated rings. The van der Waals surface area contributed by atoms with Crippen molar-refractivity contribution < 1.29 is 23.0 Å². The molecule has 0 amide bonds. The standard InChI is InChI=1S/C14H17F3N6O2S/c15-14(16,17)3-6-26-13-19-11(18)10-12(20-13)23(22-21-10)8-1-2-9(7-8)25-5-4-24/h1-2,8-9,24H,3-7H2,(H2,18,19,20)/t8-,9-/m1/s1. The summed E-state index contributed by atoms with van der Waals surface area (Å²) < 4.78 is 43.9. The first-order valence-corrected chi connectivity index (χ1v) is 8.84. The number of halogens is 3. The zero-order valence-electron chi connectivity index (χ0n) is 13.6. The summed E-state index contributed by atoms with van der Waals surface area (Å²) in [4.78, 5) is 8.27. The maximum atomic E-state index is 12.3. The van der Waals surface area contributed by atoms with Crippen LogP contribution in [0.25, 0.3) is 11.2 Å². The van der Waals surface area contributed by atoms with E-state index in [9.17, 15) is 13.2 Å². The molecule has 2 aromatic heterocycles. The van der Waals surface area contributed by atoms with E-state index in [2.05, 4.69) is 20.3 Å². The normalized spacial score (nSPS) is 20.3. The third-order valence-corrected chi connectivity index (χ3v) is 4.55. The lowest BCUT2D eigenvalue weighted by Gasteiger charge is -2.13. The number of nitrogen functional groups attached to an aromatic ring is 1. The average molecular weight is 390 g/mol. The first-order valence-electron chi connectivity index (χ1n) is 7.86. The molecule has 0 radical (unpaired) electrons. The number of aliphatic hydroxyl groups is 1. The number of ether oxygens (including phenoxy) is 1. The molecule has 8 nitrogen and oxygen atoms in total. The monoisotopic (exact) mass is 390 g/mol. The molecule has 1 aliphatic rings. The topological polar surface area (TPSA) is 112 Å². The van der Waals surface area contributed by atoms with Crippen molar-refractivity contribution in [3.8, 4) is 0 Å². The summed E-state index contributed by atoms with van der Waals surface area (Å²) in [5.74, 6) is -0.123. The fourth-order valence-corrected chi connectivity index (χ4v) is 3.36. The minimum atomic E-state index is -4.23. The number of hydrogen-bond acceptors (Lipinski definition) is 8. The minimum absolute atomic E-state index is 0.0659. The summed E-state index contributed by atoms with van der Waals surface area (Å²) in [6.07, 6.45) is -1.01. The van der Waals surface area contributed by atoms with Crippen molar-refractivity contribution in [3.05, 3.63) is 12.2 Å². The lowest BCUT2D eigenvalue weighted by Crippen LogP contribution is -2.15. The van der Waals surface area contributed by atoms with Crippen LogP contribution in [-0.2, 0) is 4.74 Å². The smallest absolute Gasteiger partial charge is 0.389 e. The Labute approximate surface area is 150 Å². The Morgan fingerprint density at radius 1 is 1.35 bits per heavy atom. The van der Waals surface area contributed by atoms with Crippen molar-refractivity contribution in [1.29, 1.82) is 0 Å². The Morgan fingerprint density at radius 2 is 2.15 bits per heavy atom. The summed E-state index contributed by atoms with van der Waals surface area (Å²) >= 11 is 0.881. The zero-order chi connectivity index (χ0) is 18.7. The second-order valence-corrected chi connectivity index (χ2v) is 6.69. The van der Waals surface area contributed by atoms with Gasteiger partial charge in [0.15, 0.2) is 22.1 Å². The number of anilines is 1. The first-order chi connectivity index (χ1) is 12.4. The lowest BCUT2D eigenvalue weighted by atomic mass is 10.2. The molecule has 0 aliphatic heterocycles. The molecule has 0 saturated heterocycles. The molecular weight excluding hydrogens is 373 g/mol. The summed E-state index contributed by atoms with van der Waals surface area (Å²) in [5.41, 5.74) is 6.52. The van der Waals surface area contributed by atoms with Crippen molar-refractivity contribution in [2.24, 2.45) is 0 Å². The number of thioether (sulfide) groups is 1. The number of hydrogen-bond donors (Lipinski definition) is 2. The van der Waals surface area contributed by atoms with E-state index in [0.29, 0.717) is 17.6 Å². The number of alkyl halides is 3. The van der Waals surface area contributed by atoms with Gasteiger partial charge in [-0.15, -0.1) is 5.10 Å². The number of nitrogens with zero attached hydrogens (tertiary/aromatic N) is 5. The van der Waals surface area contributed by atoms with Crippen LogP contribution >= 0.6 is 11.8 Å². The zero-order valence-corrected chi connectivity index (χ0v) is 14.4. The van der Waals surface area contributed by atoms with Gasteiger partial charge in [-0.3, -0.25) is 0 Å². The van der Waals surface area contributed by atoms with Crippen molar-refractivity contribution in [3.63, 3.8) is 0 Å². The third kappa shape index (κ3) is 4.43. The van der Waals surface area contributed by atoms with Gasteiger partial charge in [-0.05, 0) is 0 Å². The van der Waals surface area contributed by atoms with Crippen LogP contribution in [0.4, 0.5) is 19.0 Å². The molecule has 0 bridgehead atoms. The van der Waals surface area contributed by atoms with Crippen LogP contribution in [0.15, 0.2) is 17.3 Å². The Bertz CT molecular complexity index is 797. The second-order valence-electron chi connectivity index (χ2n) is 5.63. The fourth-order valence-electron chi connectivity index (χ4n) is 2.53. The van der Waals surface area contributed by atoms with Gasteiger partial charge in [-0.2, -0.15) is 13.2 Å². The summed E-state index contributed by atoms with van der Waals surface area (Å²) in [6, 6.07) is -0.175. The maximum absolute atomic E-state index is 12.3. The summed E-state index contributed by atoms with van der Waals surface area (Å²) in [6.45, 7) is 0.165. The van der Waals surface area contributed by atoms with Crippen LogP contribution in [0.2, 0.25) is 0 Å². The maximum Gasteiger partial charge on any atom is 0.389 e. The SMILES string of the molecule is Nc1nc(SCCC(F)(F)F)nc2c1nnn2[C@@H]1C=C[C@@H](OCCO)C1. The molecule has 2 aromatic rings. The fraction of sp³-hybridized carbons (Fsp3) is 0.571. The quantitative estimate of drug-likeness (QED) is 0.418. The van der Waals surface area contributed by atoms with Crippen LogP contribution in [0.3, 0.4) is 0 Å². The van der Waals surface area contributed by atoms with Gasteiger partial charge in [-0.1, -0.05) is 29.1 Å². The van der Waals surface area contributed by atoms with E-state index < -0.39 is 12.6 Å². The largest absolute Gasteiger partial charge is 0.394 e. The third-order valence-electron chi connectivity index (χ3n) is 3.71. The van der Waals surface area contributed by atoms with E-state index in [1.165, 1.54) is 0 Å². The number of aliphatic hydroxyl groups excluding tert-OH is 1. The van der Waals surface area contributed by atoms with Gasteiger partial charge in [0.1, 0.15) is 0 Å². The van der Waals surface area contributed by atoms with Crippen LogP contribution in [-0.4, -0.2) is 61.3 Å². The van der Waals surface area contributed by atoms with Crippen molar-refractivity contribution in [2.45, 2.75) is 36.3 Å². The molecule has 0 aromatic carbocycles. The number of nitrogens with two attached hydrogens (primary N) is 1. The van der Waals surface area contributed by atoms with Crippen molar-refractivity contribution >= 4 is 28.7 Å². The number of allylic oxidation sites excluding steroid dienone is 1. The van der Waals surface area contributed by atoms with Crippen LogP contribution in [0.5, 0.6) is 0 Å². The molecule has 2 atom stereocenters. The van der Waals surface area contributed by atoms with Crippen LogP contribution in [0, 0.1) is 0 Å². The summed E-state index contributed by atoms with van der Waals surface area (Å²) in [5, 5.41) is 17.0. The highest BCUT2D eigenvalue weighted by Crippen LogP contribution is 2.30. The van der Waals surface area contributed by atoms with Gasteiger partial charge in [0, 0.05) is 12.2 Å². The molecule has 1 aliphatic carbocycles. The highest BCUT2D eigenvalue weighted by Gasteiger charge is 2.27. The number of fused-ring (bicyclic) bond motifs is 1. The second kappa shape index (κ2) is 7.76. The predicted molar refractivity (Wildman–Crippen MR) is 88.5 cm³/mol. The van der Waals surface area contributed by atoms with Gasteiger partial charge in [0.2, 0.25) is 0 Å². The molecule has 3 rings (SSSR count). The molecule has 142 valence electrons. The molecule has 0 unspecified atom stereocenters. The lowest BCUT2D eigenvalue weighted by molar-refractivity contribution is -0.129. The summed E-state index contributed by atoms with van der Waals surface area (Å²) in [7, 11) is 0. The Morgan fingerprint density at radius 3 is 2.88 bits per heavy atom. The Balaban J connectivity index is 1.77.